The number of methoxy groups -OCH3 is 2. The maximum atomic E-state index is 5.93. The van der Waals surface area contributed by atoms with Crippen LogP contribution < -0.4 is 14.2 Å². The summed E-state index contributed by atoms with van der Waals surface area (Å²) in [7, 11) is 3.28. The van der Waals surface area contributed by atoms with Gasteiger partial charge in [0.15, 0.2) is 0 Å². The molecule has 0 spiro atoms. The molecular weight excluding hydrogens is 276 g/mol. The highest BCUT2D eigenvalue weighted by atomic mass is 35.5. The average molecular weight is 293 g/mol. The average Bonchev–Trinajstić information content (AvgIpc) is 2.53. The molecule has 0 unspecified atom stereocenters. The third-order valence-electron chi connectivity index (χ3n) is 2.97. The van der Waals surface area contributed by atoms with Gasteiger partial charge in [-0.3, -0.25) is 0 Å². The number of hydrogen-bond acceptors (Lipinski definition) is 3. The van der Waals surface area contributed by atoms with Crippen LogP contribution in [0.4, 0.5) is 0 Å². The molecule has 0 amide bonds. The Morgan fingerprint density at radius 3 is 2.15 bits per heavy atom. The predicted octanol–water partition coefficient (Wildman–Crippen LogP) is 4.02. The fourth-order valence-corrected chi connectivity index (χ4v) is 2.02. The van der Waals surface area contributed by atoms with Gasteiger partial charge in [0.2, 0.25) is 0 Å². The summed E-state index contributed by atoms with van der Waals surface area (Å²) in [6, 6.07) is 13.4. The van der Waals surface area contributed by atoms with Crippen molar-refractivity contribution in [3.63, 3.8) is 0 Å². The Hall–Kier alpha value is -1.87. The third kappa shape index (κ3) is 3.58. The molecule has 0 saturated heterocycles. The van der Waals surface area contributed by atoms with Gasteiger partial charge in [-0.2, -0.15) is 0 Å². The van der Waals surface area contributed by atoms with Crippen LogP contribution in [0.3, 0.4) is 0 Å². The van der Waals surface area contributed by atoms with E-state index in [1.807, 2.05) is 42.5 Å². The van der Waals surface area contributed by atoms with Gasteiger partial charge in [-0.25, -0.2) is 0 Å². The van der Waals surface area contributed by atoms with Gasteiger partial charge in [-0.05, 0) is 35.9 Å². The lowest BCUT2D eigenvalue weighted by molar-refractivity contribution is 0.302. The monoisotopic (exact) mass is 292 g/mol. The van der Waals surface area contributed by atoms with E-state index in [4.69, 9.17) is 25.8 Å². The van der Waals surface area contributed by atoms with E-state index in [-0.39, 0.29) is 0 Å². The smallest absolute Gasteiger partial charge is 0.124 e. The molecule has 0 aromatic heterocycles. The second kappa shape index (κ2) is 7.06. The molecule has 2 aromatic carbocycles. The highest BCUT2D eigenvalue weighted by molar-refractivity contribution is 6.17. The highest BCUT2D eigenvalue weighted by Gasteiger charge is 2.05. The van der Waals surface area contributed by atoms with E-state index in [2.05, 4.69) is 0 Å². The van der Waals surface area contributed by atoms with Crippen LogP contribution in [0.5, 0.6) is 17.2 Å². The van der Waals surface area contributed by atoms with E-state index < -0.39 is 0 Å². The van der Waals surface area contributed by atoms with Crippen molar-refractivity contribution in [2.24, 2.45) is 0 Å². The molecule has 20 heavy (non-hydrogen) atoms. The van der Waals surface area contributed by atoms with Crippen LogP contribution in [0, 0.1) is 0 Å². The maximum Gasteiger partial charge on any atom is 0.124 e. The Morgan fingerprint density at radius 2 is 1.55 bits per heavy atom. The minimum atomic E-state index is 0.384. The van der Waals surface area contributed by atoms with Crippen molar-refractivity contribution in [1.82, 2.24) is 0 Å². The van der Waals surface area contributed by atoms with Crippen LogP contribution in [0.25, 0.3) is 0 Å². The zero-order valence-corrected chi connectivity index (χ0v) is 12.3. The van der Waals surface area contributed by atoms with E-state index in [1.165, 1.54) is 0 Å². The summed E-state index contributed by atoms with van der Waals surface area (Å²) in [4.78, 5) is 0. The van der Waals surface area contributed by atoms with Crippen molar-refractivity contribution in [3.8, 4) is 17.2 Å². The molecule has 0 heterocycles. The molecule has 0 atom stereocenters. The third-order valence-corrected chi connectivity index (χ3v) is 3.25. The summed E-state index contributed by atoms with van der Waals surface area (Å²) in [5.74, 6) is 2.77. The summed E-state index contributed by atoms with van der Waals surface area (Å²) in [6.45, 7) is 0.486. The minimum Gasteiger partial charge on any atom is -0.497 e. The van der Waals surface area contributed by atoms with E-state index >= 15 is 0 Å². The van der Waals surface area contributed by atoms with Gasteiger partial charge >= 0.3 is 0 Å². The molecule has 2 aromatic rings. The minimum absolute atomic E-state index is 0.384. The SMILES string of the molecule is COc1ccc(COc2ccc(OC)cc2CCl)cc1. The van der Waals surface area contributed by atoms with Crippen molar-refractivity contribution >= 4 is 11.6 Å². The van der Waals surface area contributed by atoms with Crippen LogP contribution >= 0.6 is 11.6 Å². The highest BCUT2D eigenvalue weighted by Crippen LogP contribution is 2.26. The second-order valence-electron chi connectivity index (χ2n) is 4.24. The number of ether oxygens (including phenoxy) is 3. The molecule has 0 aliphatic rings. The van der Waals surface area contributed by atoms with Crippen LogP contribution in [0.15, 0.2) is 42.5 Å². The number of rotatable bonds is 6. The van der Waals surface area contributed by atoms with Crippen molar-refractivity contribution in [1.29, 1.82) is 0 Å². The summed E-state index contributed by atoms with van der Waals surface area (Å²) >= 11 is 5.93. The largest absolute Gasteiger partial charge is 0.497 e. The second-order valence-corrected chi connectivity index (χ2v) is 4.51. The molecule has 0 N–H and O–H groups in total. The van der Waals surface area contributed by atoms with Gasteiger partial charge < -0.3 is 14.2 Å². The van der Waals surface area contributed by atoms with E-state index in [0.717, 1.165) is 28.4 Å². The molecule has 2 rings (SSSR count). The summed E-state index contributed by atoms with van der Waals surface area (Å²) < 4.78 is 16.1. The molecule has 3 nitrogen and oxygen atoms in total. The molecule has 0 saturated carbocycles. The normalized spacial score (nSPS) is 10.2. The van der Waals surface area contributed by atoms with Gasteiger partial charge in [0, 0.05) is 5.56 Å². The zero-order valence-electron chi connectivity index (χ0n) is 11.6. The summed E-state index contributed by atoms with van der Waals surface area (Å²) in [6.07, 6.45) is 0. The Morgan fingerprint density at radius 1 is 0.900 bits per heavy atom. The van der Waals surface area contributed by atoms with Crippen LogP contribution in [-0.2, 0) is 12.5 Å². The number of alkyl halides is 1. The first-order chi connectivity index (χ1) is 9.76. The van der Waals surface area contributed by atoms with Crippen molar-refractivity contribution < 1.29 is 14.2 Å². The van der Waals surface area contributed by atoms with Crippen LogP contribution in [-0.4, -0.2) is 14.2 Å². The zero-order chi connectivity index (χ0) is 14.4. The first-order valence-corrected chi connectivity index (χ1v) is 6.79. The van der Waals surface area contributed by atoms with Crippen molar-refractivity contribution in [2.45, 2.75) is 12.5 Å². The Labute approximate surface area is 124 Å². The lowest BCUT2D eigenvalue weighted by Gasteiger charge is -2.11. The molecule has 0 fully saturated rings. The van der Waals surface area contributed by atoms with E-state index in [1.54, 1.807) is 14.2 Å². The Kier molecular flexibility index (Phi) is 5.13. The molecule has 0 radical (unpaired) electrons. The van der Waals surface area contributed by atoms with Crippen molar-refractivity contribution in [3.05, 3.63) is 53.6 Å². The molecule has 106 valence electrons. The summed E-state index contributed by atoms with van der Waals surface area (Å²) in [5.41, 5.74) is 1.99. The standard InChI is InChI=1S/C16H17ClO3/c1-18-14-5-3-12(4-6-14)11-20-16-8-7-15(19-2)9-13(16)10-17/h3-9H,10-11H2,1-2H3. The first kappa shape index (κ1) is 14.5. The van der Waals surface area contributed by atoms with Crippen molar-refractivity contribution in [2.75, 3.05) is 14.2 Å². The quantitative estimate of drug-likeness (QED) is 0.753. The number of hydrogen-bond donors (Lipinski definition) is 0. The first-order valence-electron chi connectivity index (χ1n) is 6.25. The predicted molar refractivity (Wildman–Crippen MR) is 79.9 cm³/mol. The van der Waals surface area contributed by atoms with Gasteiger partial charge in [-0.15, -0.1) is 11.6 Å². The number of benzene rings is 2. The van der Waals surface area contributed by atoms with Gasteiger partial charge in [-0.1, -0.05) is 12.1 Å². The summed E-state index contributed by atoms with van der Waals surface area (Å²) in [5, 5.41) is 0. The maximum absolute atomic E-state index is 5.93. The topological polar surface area (TPSA) is 27.7 Å². The van der Waals surface area contributed by atoms with E-state index in [9.17, 15) is 0 Å². The number of halogens is 1. The molecule has 0 aliphatic heterocycles. The van der Waals surface area contributed by atoms with E-state index in [0.29, 0.717) is 12.5 Å². The van der Waals surface area contributed by atoms with Gasteiger partial charge in [0.05, 0.1) is 20.1 Å². The Balaban J connectivity index is 2.05. The van der Waals surface area contributed by atoms with Gasteiger partial charge in [0.1, 0.15) is 23.9 Å². The van der Waals surface area contributed by atoms with Crippen LogP contribution in [0.1, 0.15) is 11.1 Å². The Bertz CT molecular complexity index is 552. The molecule has 0 bridgehead atoms. The van der Waals surface area contributed by atoms with Gasteiger partial charge in [0.25, 0.3) is 0 Å². The fourth-order valence-electron chi connectivity index (χ4n) is 1.81. The molecular formula is C16H17ClO3. The van der Waals surface area contributed by atoms with Crippen LogP contribution in [0.2, 0.25) is 0 Å². The molecule has 4 heteroatoms. The molecule has 0 aliphatic carbocycles. The lowest BCUT2D eigenvalue weighted by Crippen LogP contribution is -1.98. The fraction of sp³-hybridized carbons (Fsp3) is 0.250. The lowest BCUT2D eigenvalue weighted by atomic mass is 10.2.